The third-order valence-corrected chi connectivity index (χ3v) is 2.17. The lowest BCUT2D eigenvalue weighted by atomic mass is 10.0. The Morgan fingerprint density at radius 3 is 2.71 bits per heavy atom. The molecule has 14 heavy (non-hydrogen) atoms. The molecular weight excluding hydrogens is 204 g/mol. The van der Waals surface area contributed by atoms with Gasteiger partial charge in [0.2, 0.25) is 0 Å². The Bertz CT molecular complexity index is 424. The van der Waals surface area contributed by atoms with Gasteiger partial charge in [-0.3, -0.25) is 10.1 Å². The number of hydrogen-bond donors (Lipinski definition) is 0. The molecule has 0 amide bonds. The Morgan fingerprint density at radius 2 is 2.29 bits per heavy atom. The van der Waals surface area contributed by atoms with Crippen LogP contribution >= 0.6 is 11.6 Å². The van der Waals surface area contributed by atoms with E-state index >= 15 is 0 Å². The summed E-state index contributed by atoms with van der Waals surface area (Å²) in [6.07, 6.45) is 0. The summed E-state index contributed by atoms with van der Waals surface area (Å²) in [5, 5.41) is 19.3. The predicted molar refractivity (Wildman–Crippen MR) is 52.1 cm³/mol. The lowest BCUT2D eigenvalue weighted by molar-refractivity contribution is -0.385. The summed E-state index contributed by atoms with van der Waals surface area (Å²) in [5.41, 5.74) is 1.36. The van der Waals surface area contributed by atoms with Crippen molar-refractivity contribution in [3.8, 4) is 6.07 Å². The first kappa shape index (κ1) is 10.5. The molecule has 0 radical (unpaired) electrons. The highest BCUT2D eigenvalue weighted by Crippen LogP contribution is 2.24. The number of benzene rings is 1. The van der Waals surface area contributed by atoms with Crippen molar-refractivity contribution >= 4 is 17.3 Å². The zero-order valence-electron chi connectivity index (χ0n) is 7.45. The normalized spacial score (nSPS) is 9.50. The first-order valence-corrected chi connectivity index (χ1v) is 4.37. The van der Waals surface area contributed by atoms with Crippen LogP contribution in [0.1, 0.15) is 16.7 Å². The maximum Gasteiger partial charge on any atom is 0.275 e. The summed E-state index contributed by atoms with van der Waals surface area (Å²) < 4.78 is 0. The van der Waals surface area contributed by atoms with E-state index in [0.717, 1.165) is 0 Å². The number of aryl methyl sites for hydroxylation is 1. The molecule has 0 aromatic heterocycles. The molecule has 0 saturated carbocycles. The molecular formula is C9H7ClN2O2. The fourth-order valence-electron chi connectivity index (χ4n) is 1.15. The number of nitro groups is 1. The number of hydrogen-bond acceptors (Lipinski definition) is 3. The number of alkyl halides is 1. The van der Waals surface area contributed by atoms with Crippen molar-refractivity contribution in [2.75, 3.05) is 0 Å². The van der Waals surface area contributed by atoms with Gasteiger partial charge in [0, 0.05) is 11.6 Å². The molecule has 72 valence electrons. The van der Waals surface area contributed by atoms with Gasteiger partial charge >= 0.3 is 0 Å². The van der Waals surface area contributed by atoms with E-state index < -0.39 is 4.92 Å². The first-order valence-electron chi connectivity index (χ1n) is 3.84. The van der Waals surface area contributed by atoms with Gasteiger partial charge in [-0.05, 0) is 18.6 Å². The van der Waals surface area contributed by atoms with Gasteiger partial charge < -0.3 is 0 Å². The fourth-order valence-corrected chi connectivity index (χ4v) is 1.37. The van der Waals surface area contributed by atoms with Gasteiger partial charge in [-0.15, -0.1) is 11.6 Å². The van der Waals surface area contributed by atoms with Crippen LogP contribution in [0.15, 0.2) is 12.1 Å². The molecule has 0 fully saturated rings. The molecule has 0 aliphatic carbocycles. The molecule has 0 atom stereocenters. The average molecular weight is 211 g/mol. The standard InChI is InChI=1S/C9H7ClN2O2/c1-6-2-7(4-10)9(12(13)14)3-8(6)5-11/h2-3H,4H2,1H3. The summed E-state index contributed by atoms with van der Waals surface area (Å²) in [6, 6.07) is 4.72. The molecule has 1 rings (SSSR count). The molecule has 0 bridgehead atoms. The topological polar surface area (TPSA) is 66.9 Å². The quantitative estimate of drug-likeness (QED) is 0.428. The van der Waals surface area contributed by atoms with Crippen LogP contribution < -0.4 is 0 Å². The van der Waals surface area contributed by atoms with Gasteiger partial charge in [0.1, 0.15) is 0 Å². The minimum Gasteiger partial charge on any atom is -0.258 e. The van der Waals surface area contributed by atoms with Crippen LogP contribution in [0.3, 0.4) is 0 Å². The molecule has 4 nitrogen and oxygen atoms in total. The van der Waals surface area contributed by atoms with Crippen LogP contribution in [0.25, 0.3) is 0 Å². The van der Waals surface area contributed by atoms with Crippen LogP contribution in [-0.4, -0.2) is 4.92 Å². The maximum atomic E-state index is 10.6. The van der Waals surface area contributed by atoms with E-state index in [0.29, 0.717) is 16.7 Å². The molecule has 1 aromatic rings. The monoisotopic (exact) mass is 210 g/mol. The number of nitrogens with zero attached hydrogens (tertiary/aromatic N) is 2. The summed E-state index contributed by atoms with van der Waals surface area (Å²) in [7, 11) is 0. The second kappa shape index (κ2) is 4.07. The number of nitro benzene ring substituents is 1. The van der Waals surface area contributed by atoms with Gasteiger partial charge in [0.15, 0.2) is 0 Å². The number of halogens is 1. The Balaban J connectivity index is 3.42. The smallest absolute Gasteiger partial charge is 0.258 e. The van der Waals surface area contributed by atoms with Crippen LogP contribution in [0, 0.1) is 28.4 Å². The lowest BCUT2D eigenvalue weighted by Crippen LogP contribution is -1.96. The third-order valence-electron chi connectivity index (χ3n) is 1.89. The highest BCUT2D eigenvalue weighted by Gasteiger charge is 2.15. The second-order valence-corrected chi connectivity index (χ2v) is 3.07. The van der Waals surface area contributed by atoms with Crippen LogP contribution in [0.4, 0.5) is 5.69 Å². The van der Waals surface area contributed by atoms with Crippen molar-refractivity contribution in [1.29, 1.82) is 5.26 Å². The minimum absolute atomic E-state index is 0.0723. The zero-order valence-corrected chi connectivity index (χ0v) is 8.21. The molecule has 0 aliphatic rings. The summed E-state index contributed by atoms with van der Waals surface area (Å²) in [4.78, 5) is 10.1. The van der Waals surface area contributed by atoms with E-state index in [4.69, 9.17) is 16.9 Å². The van der Waals surface area contributed by atoms with Crippen molar-refractivity contribution in [1.82, 2.24) is 0 Å². The SMILES string of the molecule is Cc1cc(CCl)c([N+](=O)[O-])cc1C#N. The zero-order chi connectivity index (χ0) is 10.7. The Hall–Kier alpha value is -1.60. The van der Waals surface area contributed by atoms with E-state index in [-0.39, 0.29) is 11.6 Å². The van der Waals surface area contributed by atoms with Gasteiger partial charge in [-0.25, -0.2) is 0 Å². The highest BCUT2D eigenvalue weighted by atomic mass is 35.5. The van der Waals surface area contributed by atoms with E-state index in [2.05, 4.69) is 0 Å². The van der Waals surface area contributed by atoms with Gasteiger partial charge in [0.05, 0.1) is 22.4 Å². The number of rotatable bonds is 2. The molecule has 0 heterocycles. The van der Waals surface area contributed by atoms with Crippen molar-refractivity contribution in [2.45, 2.75) is 12.8 Å². The molecule has 0 aliphatic heterocycles. The van der Waals surface area contributed by atoms with Crippen LogP contribution in [-0.2, 0) is 5.88 Å². The summed E-state index contributed by atoms with van der Waals surface area (Å²) in [5.74, 6) is 0.0723. The van der Waals surface area contributed by atoms with E-state index in [1.54, 1.807) is 13.0 Å². The van der Waals surface area contributed by atoms with Crippen molar-refractivity contribution in [2.24, 2.45) is 0 Å². The molecule has 0 unspecified atom stereocenters. The minimum atomic E-state index is -0.530. The largest absolute Gasteiger partial charge is 0.275 e. The van der Waals surface area contributed by atoms with E-state index in [1.165, 1.54) is 6.07 Å². The molecule has 5 heteroatoms. The van der Waals surface area contributed by atoms with Gasteiger partial charge in [-0.2, -0.15) is 5.26 Å². The molecule has 0 spiro atoms. The van der Waals surface area contributed by atoms with Crippen LogP contribution in [0.2, 0.25) is 0 Å². The van der Waals surface area contributed by atoms with E-state index in [9.17, 15) is 10.1 Å². The predicted octanol–water partition coefficient (Wildman–Crippen LogP) is 2.51. The Morgan fingerprint density at radius 1 is 1.64 bits per heavy atom. The molecule has 0 saturated heterocycles. The maximum absolute atomic E-state index is 10.6. The van der Waals surface area contributed by atoms with Crippen LogP contribution in [0.5, 0.6) is 0 Å². The summed E-state index contributed by atoms with van der Waals surface area (Å²) >= 11 is 5.56. The van der Waals surface area contributed by atoms with Crippen molar-refractivity contribution in [3.05, 3.63) is 38.9 Å². The summed E-state index contributed by atoms with van der Waals surface area (Å²) in [6.45, 7) is 1.72. The fraction of sp³-hybridized carbons (Fsp3) is 0.222. The van der Waals surface area contributed by atoms with Gasteiger partial charge in [0.25, 0.3) is 5.69 Å². The van der Waals surface area contributed by atoms with Crippen molar-refractivity contribution < 1.29 is 4.92 Å². The number of nitriles is 1. The Kier molecular flexibility index (Phi) is 3.05. The van der Waals surface area contributed by atoms with Gasteiger partial charge in [-0.1, -0.05) is 0 Å². The Labute approximate surface area is 85.9 Å². The highest BCUT2D eigenvalue weighted by molar-refractivity contribution is 6.17. The van der Waals surface area contributed by atoms with E-state index in [1.807, 2.05) is 6.07 Å². The third kappa shape index (κ3) is 1.83. The molecule has 0 N–H and O–H groups in total. The van der Waals surface area contributed by atoms with Crippen molar-refractivity contribution in [3.63, 3.8) is 0 Å². The molecule has 1 aromatic carbocycles. The second-order valence-electron chi connectivity index (χ2n) is 2.80. The first-order chi connectivity index (χ1) is 6.60. The lowest BCUT2D eigenvalue weighted by Gasteiger charge is -2.02. The average Bonchev–Trinajstić information content (AvgIpc) is 2.16.